The van der Waals surface area contributed by atoms with Crippen LogP contribution in [0.15, 0.2) is 103 Å². The molecular formula is C27H28N4. The van der Waals surface area contributed by atoms with Gasteiger partial charge in [0, 0.05) is 35.8 Å². The third kappa shape index (κ3) is 4.75. The van der Waals surface area contributed by atoms with E-state index in [2.05, 4.69) is 66.1 Å². The van der Waals surface area contributed by atoms with Gasteiger partial charge in [-0.1, -0.05) is 67.3 Å². The van der Waals surface area contributed by atoms with Crippen molar-refractivity contribution in [3.8, 4) is 11.3 Å². The Balaban J connectivity index is 1.91. The topological polar surface area (TPSA) is 32.3 Å². The van der Waals surface area contributed by atoms with Gasteiger partial charge in [-0.2, -0.15) is 4.98 Å². The summed E-state index contributed by atoms with van der Waals surface area (Å²) in [4.78, 5) is 14.2. The van der Waals surface area contributed by atoms with E-state index >= 15 is 0 Å². The lowest BCUT2D eigenvalue weighted by Crippen LogP contribution is -2.22. The lowest BCUT2D eigenvalue weighted by Gasteiger charge is -2.27. The normalized spacial score (nSPS) is 13.3. The van der Waals surface area contributed by atoms with Gasteiger partial charge in [0.15, 0.2) is 0 Å². The highest BCUT2D eigenvalue weighted by atomic mass is 15.3. The lowest BCUT2D eigenvalue weighted by molar-refractivity contribution is 0.814. The molecular weight excluding hydrogens is 380 g/mol. The molecule has 31 heavy (non-hydrogen) atoms. The number of nitrogens with zero attached hydrogens (tertiary/aromatic N) is 4. The highest BCUT2D eigenvalue weighted by Crippen LogP contribution is 2.34. The first-order valence-electron chi connectivity index (χ1n) is 10.7. The number of anilines is 3. The largest absolute Gasteiger partial charge is 0.334 e. The second kappa shape index (κ2) is 9.43. The van der Waals surface area contributed by atoms with Gasteiger partial charge in [0.25, 0.3) is 0 Å². The Kier molecular flexibility index (Phi) is 6.27. The maximum atomic E-state index is 5.02. The minimum Gasteiger partial charge on any atom is -0.334 e. The zero-order valence-electron chi connectivity index (χ0n) is 18.2. The van der Waals surface area contributed by atoms with Crippen molar-refractivity contribution in [1.29, 1.82) is 0 Å². The van der Waals surface area contributed by atoms with Crippen LogP contribution in [0.4, 0.5) is 17.5 Å². The average molecular weight is 409 g/mol. The Morgan fingerprint density at radius 3 is 2.39 bits per heavy atom. The minimum atomic E-state index is 0.664. The molecule has 0 bridgehead atoms. The van der Waals surface area contributed by atoms with Crippen LogP contribution in [-0.2, 0) is 0 Å². The van der Waals surface area contributed by atoms with Crippen LogP contribution in [0.25, 0.3) is 11.3 Å². The molecule has 1 aliphatic carbocycles. The number of aromatic nitrogens is 2. The first kappa shape index (κ1) is 20.6. The van der Waals surface area contributed by atoms with E-state index < -0.39 is 0 Å². The number of rotatable bonds is 6. The van der Waals surface area contributed by atoms with Gasteiger partial charge in [-0.25, -0.2) is 4.98 Å². The summed E-state index contributed by atoms with van der Waals surface area (Å²) in [7, 11) is 1.99. The number of hydrogen-bond donors (Lipinski definition) is 0. The fourth-order valence-corrected chi connectivity index (χ4v) is 3.58. The number of benzene rings is 2. The summed E-state index contributed by atoms with van der Waals surface area (Å²) in [5.74, 6) is 1.49. The number of hydrogen-bond acceptors (Lipinski definition) is 4. The fraction of sp³-hybridized carbons (Fsp3) is 0.185. The van der Waals surface area contributed by atoms with E-state index in [0.29, 0.717) is 5.95 Å². The number of allylic oxidation sites excluding steroid dienone is 5. The molecule has 0 spiro atoms. The standard InChI is InChI=1S/C27H28N4/c1-21(2)30(3)26-20-25(22-14-8-6-9-15-22)28-27(29-26)31(24-18-12-7-13-19-24)23-16-10-4-5-11-17-23/h4,6-10,12-16,18-20H,1,5,11,17H2,2-3H3. The quantitative estimate of drug-likeness (QED) is 0.445. The van der Waals surface area contributed by atoms with Crippen LogP contribution in [-0.4, -0.2) is 17.0 Å². The lowest BCUT2D eigenvalue weighted by atomic mass is 10.1. The molecule has 0 unspecified atom stereocenters. The fourth-order valence-electron chi connectivity index (χ4n) is 3.58. The van der Waals surface area contributed by atoms with Crippen molar-refractivity contribution in [2.45, 2.75) is 26.2 Å². The summed E-state index contributed by atoms with van der Waals surface area (Å²) in [5.41, 5.74) is 5.11. The molecule has 0 saturated carbocycles. The molecule has 1 aromatic heterocycles. The van der Waals surface area contributed by atoms with Crippen molar-refractivity contribution in [3.05, 3.63) is 103 Å². The second-order valence-corrected chi connectivity index (χ2v) is 7.72. The summed E-state index contributed by atoms with van der Waals surface area (Å²) in [6.07, 6.45) is 9.69. The third-order valence-corrected chi connectivity index (χ3v) is 5.42. The molecule has 0 N–H and O–H groups in total. The van der Waals surface area contributed by atoms with Crippen LogP contribution in [0, 0.1) is 0 Å². The molecule has 0 aliphatic heterocycles. The molecule has 0 atom stereocenters. The second-order valence-electron chi connectivity index (χ2n) is 7.72. The zero-order chi connectivity index (χ0) is 21.6. The van der Waals surface area contributed by atoms with Gasteiger partial charge in [-0.3, -0.25) is 4.90 Å². The first-order chi connectivity index (χ1) is 15.1. The molecule has 0 fully saturated rings. The smallest absolute Gasteiger partial charge is 0.236 e. The Bertz CT molecular complexity index is 1100. The van der Waals surface area contributed by atoms with Gasteiger partial charge in [0.2, 0.25) is 5.95 Å². The Morgan fingerprint density at radius 2 is 1.68 bits per heavy atom. The molecule has 4 rings (SSSR count). The van der Waals surface area contributed by atoms with Crippen molar-refractivity contribution in [1.82, 2.24) is 9.97 Å². The predicted octanol–water partition coefficient (Wildman–Crippen LogP) is 6.88. The number of para-hydroxylation sites is 1. The van der Waals surface area contributed by atoms with Crippen LogP contribution in [0.2, 0.25) is 0 Å². The van der Waals surface area contributed by atoms with Gasteiger partial charge in [-0.05, 0) is 44.4 Å². The van der Waals surface area contributed by atoms with Crippen LogP contribution >= 0.6 is 0 Å². The van der Waals surface area contributed by atoms with Crippen molar-refractivity contribution >= 4 is 17.5 Å². The van der Waals surface area contributed by atoms with E-state index in [1.165, 1.54) is 5.70 Å². The van der Waals surface area contributed by atoms with Crippen LogP contribution < -0.4 is 9.80 Å². The highest BCUT2D eigenvalue weighted by Gasteiger charge is 2.20. The van der Waals surface area contributed by atoms with Crippen molar-refractivity contribution in [2.75, 3.05) is 16.8 Å². The molecule has 156 valence electrons. The average Bonchev–Trinajstić information content (AvgIpc) is 3.09. The first-order valence-corrected chi connectivity index (χ1v) is 10.7. The SMILES string of the molecule is C=C(C)N(C)c1cc(-c2ccccc2)nc(N(C2=CC=CCCC2)c2ccccc2)n1. The summed E-state index contributed by atoms with van der Waals surface area (Å²) in [6, 6.07) is 22.6. The molecule has 0 radical (unpaired) electrons. The predicted molar refractivity (Wildman–Crippen MR) is 130 cm³/mol. The molecule has 0 saturated heterocycles. The minimum absolute atomic E-state index is 0.664. The Hall–Kier alpha value is -3.66. The van der Waals surface area contributed by atoms with E-state index in [4.69, 9.17) is 9.97 Å². The summed E-state index contributed by atoms with van der Waals surface area (Å²) in [6.45, 7) is 6.08. The van der Waals surface area contributed by atoms with Crippen molar-refractivity contribution in [3.63, 3.8) is 0 Å². The summed E-state index contributed by atoms with van der Waals surface area (Å²) in [5, 5.41) is 0. The molecule has 4 nitrogen and oxygen atoms in total. The molecule has 4 heteroatoms. The monoisotopic (exact) mass is 408 g/mol. The van der Waals surface area contributed by atoms with E-state index in [0.717, 1.165) is 47.7 Å². The maximum absolute atomic E-state index is 5.02. The molecule has 3 aromatic rings. The Labute approximate surface area is 184 Å². The zero-order valence-corrected chi connectivity index (χ0v) is 18.2. The highest BCUT2D eigenvalue weighted by molar-refractivity contribution is 5.70. The van der Waals surface area contributed by atoms with Gasteiger partial charge < -0.3 is 4.90 Å². The van der Waals surface area contributed by atoms with Crippen molar-refractivity contribution < 1.29 is 0 Å². The van der Waals surface area contributed by atoms with E-state index in [1.807, 2.05) is 49.2 Å². The van der Waals surface area contributed by atoms with Crippen LogP contribution in [0.1, 0.15) is 26.2 Å². The van der Waals surface area contributed by atoms with Crippen molar-refractivity contribution in [2.24, 2.45) is 0 Å². The summed E-state index contributed by atoms with van der Waals surface area (Å²) < 4.78 is 0. The molecule has 1 heterocycles. The molecule has 0 amide bonds. The van der Waals surface area contributed by atoms with Gasteiger partial charge in [0.05, 0.1) is 5.69 Å². The van der Waals surface area contributed by atoms with Crippen LogP contribution in [0.3, 0.4) is 0 Å². The maximum Gasteiger partial charge on any atom is 0.236 e. The van der Waals surface area contributed by atoms with Gasteiger partial charge >= 0.3 is 0 Å². The van der Waals surface area contributed by atoms with Gasteiger partial charge in [-0.15, -0.1) is 0 Å². The van der Waals surface area contributed by atoms with E-state index in [9.17, 15) is 0 Å². The third-order valence-electron chi connectivity index (χ3n) is 5.42. The molecule has 1 aliphatic rings. The van der Waals surface area contributed by atoms with E-state index in [1.54, 1.807) is 0 Å². The summed E-state index contributed by atoms with van der Waals surface area (Å²) >= 11 is 0. The van der Waals surface area contributed by atoms with Gasteiger partial charge in [0.1, 0.15) is 5.82 Å². The van der Waals surface area contributed by atoms with Crippen LogP contribution in [0.5, 0.6) is 0 Å². The molecule has 2 aromatic carbocycles. The van der Waals surface area contributed by atoms with E-state index in [-0.39, 0.29) is 0 Å². The Morgan fingerprint density at radius 1 is 0.968 bits per heavy atom.